The molecule has 0 aliphatic heterocycles. The summed E-state index contributed by atoms with van der Waals surface area (Å²) in [6.45, 7) is 1.73. The van der Waals surface area contributed by atoms with Gasteiger partial charge in [-0.05, 0) is 11.6 Å². The molecule has 0 saturated heterocycles. The predicted molar refractivity (Wildman–Crippen MR) is 39.4 cm³/mol. The van der Waals surface area contributed by atoms with Gasteiger partial charge in [0.15, 0.2) is 5.82 Å². The molecule has 6 heteroatoms. The van der Waals surface area contributed by atoms with Crippen LogP contribution in [0.3, 0.4) is 0 Å². The molecule has 6 nitrogen and oxygen atoms in total. The van der Waals surface area contributed by atoms with E-state index in [2.05, 4.69) is 14.9 Å². The highest BCUT2D eigenvalue weighted by molar-refractivity contribution is 5.76. The molecule has 0 aliphatic rings. The van der Waals surface area contributed by atoms with Crippen molar-refractivity contribution in [2.45, 2.75) is 19.3 Å². The molecule has 0 amide bonds. The van der Waals surface area contributed by atoms with Gasteiger partial charge >= 0.3 is 5.97 Å². The molecule has 0 spiro atoms. The summed E-state index contributed by atoms with van der Waals surface area (Å²) in [7, 11) is 0. The van der Waals surface area contributed by atoms with Gasteiger partial charge in [0.05, 0.1) is 0 Å². The van der Waals surface area contributed by atoms with Gasteiger partial charge in [0.2, 0.25) is 0 Å². The number of nitrogens with two attached hydrogens (primary N) is 1. The first-order valence-corrected chi connectivity index (χ1v) is 3.47. The Morgan fingerprint density at radius 3 is 2.75 bits per heavy atom. The van der Waals surface area contributed by atoms with E-state index in [0.29, 0.717) is 6.42 Å². The maximum Gasteiger partial charge on any atom is 0.312 e. The third-order valence-electron chi connectivity index (χ3n) is 1.58. The second-order valence-corrected chi connectivity index (χ2v) is 2.33. The van der Waals surface area contributed by atoms with E-state index in [0.717, 1.165) is 0 Å². The number of aromatic nitrogens is 2. The second kappa shape index (κ2) is 3.21. The van der Waals surface area contributed by atoms with Gasteiger partial charge in [-0.15, -0.1) is 0 Å². The maximum absolute atomic E-state index is 10.6. The van der Waals surface area contributed by atoms with Crippen LogP contribution < -0.4 is 5.73 Å². The van der Waals surface area contributed by atoms with Crippen LogP contribution >= 0.6 is 0 Å². The van der Waals surface area contributed by atoms with Gasteiger partial charge < -0.3 is 10.8 Å². The van der Waals surface area contributed by atoms with E-state index >= 15 is 0 Å². The van der Waals surface area contributed by atoms with Crippen LogP contribution in [0.1, 0.15) is 25.0 Å². The monoisotopic (exact) mass is 171 g/mol. The topological polar surface area (TPSA) is 102 Å². The molecule has 0 saturated carbocycles. The van der Waals surface area contributed by atoms with Crippen molar-refractivity contribution in [2.75, 3.05) is 5.73 Å². The Balaban J connectivity index is 2.94. The normalized spacial score (nSPS) is 12.8. The van der Waals surface area contributed by atoms with Crippen LogP contribution in [0, 0.1) is 0 Å². The number of nitrogens with zero attached hydrogens (tertiary/aromatic N) is 2. The molecule has 0 fully saturated rings. The van der Waals surface area contributed by atoms with Gasteiger partial charge in [0, 0.05) is 0 Å². The molecule has 12 heavy (non-hydrogen) atoms. The van der Waals surface area contributed by atoms with Crippen molar-refractivity contribution in [3.8, 4) is 0 Å². The summed E-state index contributed by atoms with van der Waals surface area (Å²) < 4.78 is 4.29. The van der Waals surface area contributed by atoms with Crippen LogP contribution in [0.2, 0.25) is 0 Å². The van der Waals surface area contributed by atoms with E-state index in [9.17, 15) is 4.79 Å². The molecule has 3 N–H and O–H groups in total. The summed E-state index contributed by atoms with van der Waals surface area (Å²) in [4.78, 5) is 10.6. The number of rotatable bonds is 3. The second-order valence-electron chi connectivity index (χ2n) is 2.33. The zero-order valence-corrected chi connectivity index (χ0v) is 6.52. The van der Waals surface area contributed by atoms with Crippen molar-refractivity contribution in [3.63, 3.8) is 0 Å². The fourth-order valence-corrected chi connectivity index (χ4v) is 0.929. The summed E-state index contributed by atoms with van der Waals surface area (Å²) in [5.74, 6) is -1.65. The number of carboxylic acids is 1. The summed E-state index contributed by atoms with van der Waals surface area (Å²) >= 11 is 0. The van der Waals surface area contributed by atoms with Crippen LogP contribution in [-0.2, 0) is 4.79 Å². The molecule has 66 valence electrons. The zero-order chi connectivity index (χ0) is 9.14. The first kappa shape index (κ1) is 8.51. The van der Waals surface area contributed by atoms with Crippen molar-refractivity contribution < 1.29 is 14.5 Å². The minimum Gasteiger partial charge on any atom is -0.481 e. The third-order valence-corrected chi connectivity index (χ3v) is 1.58. The Kier molecular flexibility index (Phi) is 2.27. The molecule has 0 aromatic carbocycles. The number of nitrogen functional groups attached to an aromatic ring is 1. The number of hydrogen-bond donors (Lipinski definition) is 2. The average Bonchev–Trinajstić information content (AvgIpc) is 2.38. The highest BCUT2D eigenvalue weighted by Crippen LogP contribution is 2.21. The van der Waals surface area contributed by atoms with E-state index in [1.807, 2.05) is 0 Å². The van der Waals surface area contributed by atoms with E-state index in [-0.39, 0.29) is 11.5 Å². The van der Waals surface area contributed by atoms with Gasteiger partial charge in [-0.1, -0.05) is 12.1 Å². The van der Waals surface area contributed by atoms with Crippen molar-refractivity contribution >= 4 is 11.8 Å². The van der Waals surface area contributed by atoms with Crippen molar-refractivity contribution in [3.05, 3.63) is 5.69 Å². The van der Waals surface area contributed by atoms with Crippen molar-refractivity contribution in [1.82, 2.24) is 10.3 Å². The van der Waals surface area contributed by atoms with Crippen LogP contribution in [-0.4, -0.2) is 21.4 Å². The molecule has 1 unspecified atom stereocenters. The van der Waals surface area contributed by atoms with E-state index in [1.54, 1.807) is 6.92 Å². The highest BCUT2D eigenvalue weighted by atomic mass is 16.6. The number of aliphatic carboxylic acids is 1. The standard InChI is InChI=1S/C6H9N3O3/c1-2-3(6(10)11)4-5(7)9-12-8-4/h3H,2H2,1H3,(H2,7,9)(H,10,11). The molecule has 1 aromatic heterocycles. The van der Waals surface area contributed by atoms with Crippen LogP contribution in [0.5, 0.6) is 0 Å². The lowest BCUT2D eigenvalue weighted by molar-refractivity contribution is -0.139. The predicted octanol–water partition coefficient (Wildman–Crippen LogP) is 0.230. The SMILES string of the molecule is CCC(C(=O)O)c1nonc1N. The lowest BCUT2D eigenvalue weighted by Gasteiger charge is -2.03. The Morgan fingerprint density at radius 1 is 1.75 bits per heavy atom. The molecule has 0 aliphatic carbocycles. The minimum atomic E-state index is -0.972. The Bertz CT molecular complexity index is 283. The number of hydrogen-bond acceptors (Lipinski definition) is 5. The van der Waals surface area contributed by atoms with Gasteiger partial charge in [0.1, 0.15) is 11.6 Å². The fraction of sp³-hybridized carbons (Fsp3) is 0.500. The molecule has 0 bridgehead atoms. The Morgan fingerprint density at radius 2 is 2.42 bits per heavy atom. The lowest BCUT2D eigenvalue weighted by Crippen LogP contribution is -2.12. The Labute approximate surface area is 68.3 Å². The van der Waals surface area contributed by atoms with E-state index in [4.69, 9.17) is 10.8 Å². The van der Waals surface area contributed by atoms with Gasteiger partial charge in [-0.25, -0.2) is 4.63 Å². The summed E-state index contributed by atoms with van der Waals surface area (Å²) in [5.41, 5.74) is 5.52. The molecule has 1 rings (SSSR count). The van der Waals surface area contributed by atoms with Crippen molar-refractivity contribution in [2.24, 2.45) is 0 Å². The van der Waals surface area contributed by atoms with E-state index in [1.165, 1.54) is 0 Å². The van der Waals surface area contributed by atoms with Gasteiger partial charge in [-0.3, -0.25) is 4.79 Å². The number of carbonyl (C=O) groups is 1. The maximum atomic E-state index is 10.6. The largest absolute Gasteiger partial charge is 0.481 e. The van der Waals surface area contributed by atoms with Gasteiger partial charge in [-0.2, -0.15) is 0 Å². The molecular weight excluding hydrogens is 162 g/mol. The summed E-state index contributed by atoms with van der Waals surface area (Å²) in [6.07, 6.45) is 0.410. The van der Waals surface area contributed by atoms with Crippen LogP contribution in [0.15, 0.2) is 4.63 Å². The highest BCUT2D eigenvalue weighted by Gasteiger charge is 2.24. The van der Waals surface area contributed by atoms with E-state index < -0.39 is 11.9 Å². The minimum absolute atomic E-state index is 0.0456. The average molecular weight is 171 g/mol. The molecule has 1 heterocycles. The smallest absolute Gasteiger partial charge is 0.312 e. The molecule has 1 aromatic rings. The number of anilines is 1. The molecule has 0 radical (unpaired) electrons. The van der Waals surface area contributed by atoms with Crippen LogP contribution in [0.25, 0.3) is 0 Å². The Hall–Kier alpha value is -1.59. The fourth-order valence-electron chi connectivity index (χ4n) is 0.929. The molecule has 1 atom stereocenters. The summed E-state index contributed by atoms with van der Waals surface area (Å²) in [6, 6.07) is 0. The van der Waals surface area contributed by atoms with Crippen molar-refractivity contribution in [1.29, 1.82) is 0 Å². The first-order chi connectivity index (χ1) is 5.66. The third kappa shape index (κ3) is 1.36. The molecular formula is C6H9N3O3. The number of carboxylic acid groups (broad SMARTS) is 1. The van der Waals surface area contributed by atoms with Gasteiger partial charge in [0.25, 0.3) is 0 Å². The summed E-state index contributed by atoms with van der Waals surface area (Å²) in [5, 5.41) is 15.4. The lowest BCUT2D eigenvalue weighted by atomic mass is 10.0. The quantitative estimate of drug-likeness (QED) is 0.674. The van der Waals surface area contributed by atoms with Crippen LogP contribution in [0.4, 0.5) is 5.82 Å². The first-order valence-electron chi connectivity index (χ1n) is 3.47. The zero-order valence-electron chi connectivity index (χ0n) is 6.52.